The summed E-state index contributed by atoms with van der Waals surface area (Å²) in [6.45, 7) is 9.51. The lowest BCUT2D eigenvalue weighted by molar-refractivity contribution is -0.120. The molecular weight excluding hydrogens is 440 g/mol. The topological polar surface area (TPSA) is 102 Å². The molecule has 9 heteroatoms. The van der Waals surface area contributed by atoms with Gasteiger partial charge in [0.1, 0.15) is 11.6 Å². The van der Waals surface area contributed by atoms with Crippen LogP contribution in [0.25, 0.3) is 6.08 Å². The van der Waals surface area contributed by atoms with Gasteiger partial charge in [0.15, 0.2) is 11.6 Å². The lowest BCUT2D eigenvalue weighted by atomic mass is 9.57. The van der Waals surface area contributed by atoms with Gasteiger partial charge in [0.25, 0.3) is 0 Å². The molecule has 4 aliphatic rings. The number of amides is 1. The molecule has 0 radical (unpaired) electrons. The average molecular weight is 477 g/mol. The van der Waals surface area contributed by atoms with Crippen molar-refractivity contribution in [3.63, 3.8) is 0 Å². The van der Waals surface area contributed by atoms with Crippen LogP contribution < -0.4 is 15.5 Å². The van der Waals surface area contributed by atoms with Crippen molar-refractivity contribution in [2.75, 3.05) is 43.4 Å². The fourth-order valence-electron chi connectivity index (χ4n) is 5.62. The van der Waals surface area contributed by atoms with Gasteiger partial charge in [0.2, 0.25) is 5.91 Å². The van der Waals surface area contributed by atoms with Crippen molar-refractivity contribution < 1.29 is 4.79 Å². The fourth-order valence-corrected chi connectivity index (χ4v) is 5.62. The highest BCUT2D eigenvalue weighted by atomic mass is 16.1. The van der Waals surface area contributed by atoms with Crippen molar-refractivity contribution in [3.8, 4) is 0 Å². The van der Waals surface area contributed by atoms with Crippen LogP contribution in [0.2, 0.25) is 0 Å². The van der Waals surface area contributed by atoms with Crippen LogP contribution in [0, 0.1) is 12.3 Å². The van der Waals surface area contributed by atoms with Gasteiger partial charge in [-0.1, -0.05) is 12.7 Å². The van der Waals surface area contributed by atoms with Crippen molar-refractivity contribution in [1.82, 2.24) is 30.4 Å². The number of likely N-dealkylation sites (N-methyl/N-ethyl adjacent to an activating group) is 1. The van der Waals surface area contributed by atoms with E-state index in [2.05, 4.69) is 56.4 Å². The molecule has 2 aromatic rings. The molecule has 0 aromatic carbocycles. The summed E-state index contributed by atoms with van der Waals surface area (Å²) in [5.41, 5.74) is 1.09. The van der Waals surface area contributed by atoms with Crippen LogP contribution in [-0.2, 0) is 4.79 Å². The highest BCUT2D eigenvalue weighted by molar-refractivity contribution is 5.87. The lowest BCUT2D eigenvalue weighted by Gasteiger charge is -2.52. The van der Waals surface area contributed by atoms with E-state index in [-0.39, 0.29) is 16.9 Å². The van der Waals surface area contributed by atoms with E-state index in [4.69, 9.17) is 9.97 Å². The number of aromatic amines is 1. The summed E-state index contributed by atoms with van der Waals surface area (Å²) < 4.78 is 0. The summed E-state index contributed by atoms with van der Waals surface area (Å²) in [5.74, 6) is 3.09. The van der Waals surface area contributed by atoms with E-state index >= 15 is 0 Å². The fraction of sp³-hybridized carbons (Fsp3) is 0.538. The number of hydrogen-bond donors (Lipinski definition) is 3. The first-order valence-electron chi connectivity index (χ1n) is 12.6. The van der Waals surface area contributed by atoms with Crippen molar-refractivity contribution >= 4 is 29.4 Å². The molecule has 1 aliphatic heterocycles. The second-order valence-electron chi connectivity index (χ2n) is 10.5. The number of fused-ring (bicyclic) bond motifs is 3. The van der Waals surface area contributed by atoms with Crippen LogP contribution in [0.5, 0.6) is 0 Å². The van der Waals surface area contributed by atoms with Gasteiger partial charge in [-0.15, -0.1) is 0 Å². The summed E-state index contributed by atoms with van der Waals surface area (Å²) in [6.07, 6.45) is 12.0. The number of carbonyl (C=O) groups is 1. The number of nitrogens with one attached hydrogen (secondary N) is 3. The van der Waals surface area contributed by atoms with Crippen molar-refractivity contribution in [2.24, 2.45) is 5.41 Å². The monoisotopic (exact) mass is 476 g/mol. The molecule has 0 unspecified atom stereocenters. The van der Waals surface area contributed by atoms with Crippen molar-refractivity contribution in [1.29, 1.82) is 0 Å². The molecule has 3 aliphatic carbocycles. The maximum absolute atomic E-state index is 11.9. The van der Waals surface area contributed by atoms with E-state index in [0.29, 0.717) is 5.82 Å². The largest absolute Gasteiger partial charge is 0.354 e. The van der Waals surface area contributed by atoms with Crippen LogP contribution in [0.4, 0.5) is 17.5 Å². The maximum Gasteiger partial charge on any atom is 0.243 e. The van der Waals surface area contributed by atoms with Crippen LogP contribution in [0.1, 0.15) is 50.0 Å². The summed E-state index contributed by atoms with van der Waals surface area (Å²) >= 11 is 0. The van der Waals surface area contributed by atoms with Gasteiger partial charge in [-0.2, -0.15) is 5.10 Å². The molecule has 6 rings (SSSR count). The molecule has 35 heavy (non-hydrogen) atoms. The lowest BCUT2D eigenvalue weighted by Crippen LogP contribution is -2.55. The Kier molecular flexibility index (Phi) is 6.35. The van der Waals surface area contributed by atoms with Gasteiger partial charge >= 0.3 is 0 Å². The molecular formula is C26H36N8O. The molecule has 3 N–H and O–H groups in total. The molecule has 0 atom stereocenters. The van der Waals surface area contributed by atoms with Crippen molar-refractivity contribution in [2.45, 2.75) is 51.0 Å². The van der Waals surface area contributed by atoms with Crippen LogP contribution >= 0.6 is 0 Å². The maximum atomic E-state index is 11.9. The molecule has 4 fully saturated rings. The number of allylic oxidation sites excluding steroid dienone is 1. The summed E-state index contributed by atoms with van der Waals surface area (Å²) in [5, 5.41) is 13.8. The Balaban J connectivity index is 1.36. The first kappa shape index (κ1) is 23.5. The van der Waals surface area contributed by atoms with Gasteiger partial charge in [0.05, 0.1) is 0 Å². The zero-order chi connectivity index (χ0) is 24.5. The molecule has 2 bridgehead atoms. The Hall–Kier alpha value is -3.20. The number of H-pyrrole nitrogens is 1. The van der Waals surface area contributed by atoms with E-state index in [1.54, 1.807) is 0 Å². The number of nitrogens with zero attached hydrogens (tertiary/aromatic N) is 5. The first-order chi connectivity index (χ1) is 16.9. The Labute approximate surface area is 207 Å². The van der Waals surface area contributed by atoms with Crippen LogP contribution in [0.3, 0.4) is 0 Å². The van der Waals surface area contributed by atoms with E-state index in [9.17, 15) is 4.79 Å². The van der Waals surface area contributed by atoms with Gasteiger partial charge < -0.3 is 20.4 Å². The van der Waals surface area contributed by atoms with E-state index in [0.717, 1.165) is 87.9 Å². The minimum atomic E-state index is -0.0591. The molecule has 9 nitrogen and oxygen atoms in total. The average Bonchev–Trinajstić information content (AvgIpc) is 3.28. The quantitative estimate of drug-likeness (QED) is 0.526. The minimum absolute atomic E-state index is 0.0581. The molecule has 3 heterocycles. The van der Waals surface area contributed by atoms with Gasteiger partial charge in [0, 0.05) is 49.5 Å². The number of anilines is 3. The Morgan fingerprint density at radius 2 is 1.77 bits per heavy atom. The second kappa shape index (κ2) is 9.45. The first-order valence-corrected chi connectivity index (χ1v) is 12.6. The predicted molar refractivity (Wildman–Crippen MR) is 139 cm³/mol. The molecule has 2 aromatic heterocycles. The Morgan fingerprint density at radius 1 is 1.06 bits per heavy atom. The third kappa shape index (κ3) is 5.24. The predicted octanol–water partition coefficient (Wildman–Crippen LogP) is 3.41. The zero-order valence-corrected chi connectivity index (χ0v) is 20.8. The summed E-state index contributed by atoms with van der Waals surface area (Å²) in [4.78, 5) is 26.3. The molecule has 186 valence electrons. The van der Waals surface area contributed by atoms with Gasteiger partial charge in [-0.05, 0) is 70.1 Å². The van der Waals surface area contributed by atoms with E-state index in [1.165, 1.54) is 6.08 Å². The van der Waals surface area contributed by atoms with Gasteiger partial charge in [-0.3, -0.25) is 9.89 Å². The number of rotatable bonds is 7. The van der Waals surface area contributed by atoms with E-state index in [1.807, 2.05) is 19.1 Å². The highest BCUT2D eigenvalue weighted by Crippen LogP contribution is 2.53. The molecule has 1 amide bonds. The Bertz CT molecular complexity index is 1090. The number of hydrogen-bond acceptors (Lipinski definition) is 7. The number of carbonyl (C=O) groups excluding carboxylic acids is 1. The standard InChI is InChI=1S/C26H36N8O/c1-4-24(35)30-26-10-7-25(8-11-26,9-12-26)6-5-20-27-21(28-22-17-19(2)31-32-22)18-23(29-20)34-15-13-33(3)14-16-34/h4-6,17-18H,1,7-16H2,2-3H3,(H,30,35)(H2,27,28,29,31,32)/b6-5+. The highest BCUT2D eigenvalue weighted by Gasteiger charge is 2.47. The van der Waals surface area contributed by atoms with Crippen LogP contribution in [0.15, 0.2) is 30.9 Å². The summed E-state index contributed by atoms with van der Waals surface area (Å²) in [6, 6.07) is 3.98. The third-order valence-corrected chi connectivity index (χ3v) is 7.98. The number of aryl methyl sites for hydroxylation is 1. The SMILES string of the molecule is C=CC(=O)NC12CCC(/C=C/c3nc(Nc4cc(C)[nH]n4)cc(N4CCN(C)CC4)n3)(CC1)CC2. The van der Waals surface area contributed by atoms with Gasteiger partial charge in [-0.25, -0.2) is 9.97 Å². The molecule has 3 saturated carbocycles. The normalized spacial score (nSPS) is 26.7. The minimum Gasteiger partial charge on any atom is -0.354 e. The van der Waals surface area contributed by atoms with E-state index < -0.39 is 0 Å². The number of piperazine rings is 1. The molecule has 0 spiro atoms. The second-order valence-corrected chi connectivity index (χ2v) is 10.5. The Morgan fingerprint density at radius 3 is 2.40 bits per heavy atom. The zero-order valence-electron chi connectivity index (χ0n) is 20.8. The number of aromatic nitrogens is 4. The van der Waals surface area contributed by atoms with Crippen LogP contribution in [-0.4, -0.2) is 69.7 Å². The van der Waals surface area contributed by atoms with Crippen molar-refractivity contribution in [3.05, 3.63) is 42.4 Å². The third-order valence-electron chi connectivity index (χ3n) is 7.98. The summed E-state index contributed by atoms with van der Waals surface area (Å²) in [7, 11) is 2.16. The smallest absolute Gasteiger partial charge is 0.243 e. The molecule has 1 saturated heterocycles.